The summed E-state index contributed by atoms with van der Waals surface area (Å²) in [5.41, 5.74) is 1.36. The molecule has 88 valence electrons. The van der Waals surface area contributed by atoms with Crippen molar-refractivity contribution in [2.75, 3.05) is 0 Å². The van der Waals surface area contributed by atoms with Crippen molar-refractivity contribution in [3.8, 4) is 23.0 Å². The van der Waals surface area contributed by atoms with Crippen LogP contribution < -0.4 is 0 Å². The van der Waals surface area contributed by atoms with E-state index in [1.807, 2.05) is 25.1 Å². The van der Waals surface area contributed by atoms with Crippen molar-refractivity contribution < 1.29 is 4.52 Å². The molecule has 0 amide bonds. The molecule has 0 aliphatic heterocycles. The van der Waals surface area contributed by atoms with Crippen LogP contribution >= 0.6 is 0 Å². The fourth-order valence-corrected chi connectivity index (χ4v) is 1.44. The predicted molar refractivity (Wildman–Crippen MR) is 63.3 cm³/mol. The highest BCUT2D eigenvalue weighted by Crippen LogP contribution is 2.19. The molecule has 0 radical (unpaired) electrons. The Morgan fingerprint density at radius 2 is 1.89 bits per heavy atom. The number of hydrogen-bond donors (Lipinski definition) is 0. The van der Waals surface area contributed by atoms with Gasteiger partial charge in [0.2, 0.25) is 5.82 Å². The fourth-order valence-electron chi connectivity index (χ4n) is 1.44. The maximum Gasteiger partial charge on any atom is 0.276 e. The van der Waals surface area contributed by atoms with E-state index >= 15 is 0 Å². The number of nitrogens with zero attached hydrogens (tertiary/aromatic N) is 5. The van der Waals surface area contributed by atoms with Gasteiger partial charge in [0.25, 0.3) is 5.89 Å². The molecule has 18 heavy (non-hydrogen) atoms. The lowest BCUT2D eigenvalue weighted by atomic mass is 10.3. The van der Waals surface area contributed by atoms with Crippen LogP contribution in [0.4, 0.5) is 0 Å². The van der Waals surface area contributed by atoms with Crippen LogP contribution in [0.25, 0.3) is 23.0 Å². The van der Waals surface area contributed by atoms with E-state index in [0.717, 1.165) is 0 Å². The first kappa shape index (κ1) is 10.5. The van der Waals surface area contributed by atoms with Crippen molar-refractivity contribution in [1.82, 2.24) is 25.1 Å². The highest BCUT2D eigenvalue weighted by molar-refractivity contribution is 5.55. The molecule has 0 spiro atoms. The van der Waals surface area contributed by atoms with Gasteiger partial charge >= 0.3 is 0 Å². The average Bonchev–Trinajstić information content (AvgIpc) is 2.90. The molecule has 6 heteroatoms. The van der Waals surface area contributed by atoms with E-state index in [1.165, 1.54) is 0 Å². The standard InChI is InChI=1S/C12H9N5O/c1-8-14-6-9(7-15-8)11-16-12(18-17-11)10-4-2-3-5-13-10/h2-7H,1H3. The first-order valence-electron chi connectivity index (χ1n) is 5.37. The van der Waals surface area contributed by atoms with Crippen molar-refractivity contribution in [1.29, 1.82) is 0 Å². The Kier molecular flexibility index (Phi) is 2.53. The van der Waals surface area contributed by atoms with Crippen LogP contribution in [0.15, 0.2) is 41.3 Å². The van der Waals surface area contributed by atoms with Crippen LogP contribution in [0.3, 0.4) is 0 Å². The Balaban J connectivity index is 1.97. The van der Waals surface area contributed by atoms with Crippen molar-refractivity contribution in [3.05, 3.63) is 42.6 Å². The molecule has 0 aliphatic rings. The van der Waals surface area contributed by atoms with Gasteiger partial charge in [0.15, 0.2) is 0 Å². The van der Waals surface area contributed by atoms with Gasteiger partial charge in [0.05, 0.1) is 5.56 Å². The van der Waals surface area contributed by atoms with Crippen molar-refractivity contribution in [2.45, 2.75) is 6.92 Å². The number of hydrogen-bond acceptors (Lipinski definition) is 6. The lowest BCUT2D eigenvalue weighted by Crippen LogP contribution is -1.89. The van der Waals surface area contributed by atoms with Crippen molar-refractivity contribution >= 4 is 0 Å². The molecule has 3 aromatic heterocycles. The Hall–Kier alpha value is -2.63. The molecule has 0 N–H and O–H groups in total. The van der Waals surface area contributed by atoms with Crippen LogP contribution in [0.2, 0.25) is 0 Å². The van der Waals surface area contributed by atoms with Gasteiger partial charge in [-0.3, -0.25) is 4.98 Å². The molecule has 0 saturated carbocycles. The molecule has 0 bridgehead atoms. The number of aromatic nitrogens is 5. The number of rotatable bonds is 2. The minimum atomic E-state index is 0.381. The molecule has 0 aliphatic carbocycles. The lowest BCUT2D eigenvalue weighted by Gasteiger charge is -1.93. The van der Waals surface area contributed by atoms with E-state index < -0.39 is 0 Å². The first-order chi connectivity index (χ1) is 8.83. The van der Waals surface area contributed by atoms with Crippen LogP contribution in [0, 0.1) is 6.92 Å². The number of pyridine rings is 1. The minimum absolute atomic E-state index is 0.381. The summed E-state index contributed by atoms with van der Waals surface area (Å²) in [6, 6.07) is 5.50. The summed E-state index contributed by atoms with van der Waals surface area (Å²) in [5.74, 6) is 1.54. The lowest BCUT2D eigenvalue weighted by molar-refractivity contribution is 0.431. The summed E-state index contributed by atoms with van der Waals surface area (Å²) < 4.78 is 5.16. The van der Waals surface area contributed by atoms with Crippen LogP contribution in [-0.4, -0.2) is 25.1 Å². The van der Waals surface area contributed by atoms with Gasteiger partial charge in [-0.2, -0.15) is 4.98 Å². The second-order valence-electron chi connectivity index (χ2n) is 3.66. The van der Waals surface area contributed by atoms with Gasteiger partial charge in [0, 0.05) is 18.6 Å². The normalized spacial score (nSPS) is 10.5. The summed E-state index contributed by atoms with van der Waals surface area (Å²) in [5, 5.41) is 3.89. The van der Waals surface area contributed by atoms with E-state index in [1.54, 1.807) is 18.6 Å². The van der Waals surface area contributed by atoms with Gasteiger partial charge < -0.3 is 4.52 Å². The van der Waals surface area contributed by atoms with E-state index in [0.29, 0.717) is 28.8 Å². The average molecular weight is 239 g/mol. The summed E-state index contributed by atoms with van der Waals surface area (Å²) in [6.07, 6.45) is 5.00. The highest BCUT2D eigenvalue weighted by Gasteiger charge is 2.11. The molecular weight excluding hydrogens is 230 g/mol. The van der Waals surface area contributed by atoms with Crippen molar-refractivity contribution in [2.24, 2.45) is 0 Å². The Morgan fingerprint density at radius 1 is 1.06 bits per heavy atom. The summed E-state index contributed by atoms with van der Waals surface area (Å²) >= 11 is 0. The molecule has 0 saturated heterocycles. The van der Waals surface area contributed by atoms with Crippen LogP contribution in [0.1, 0.15) is 5.82 Å². The molecule has 3 aromatic rings. The topological polar surface area (TPSA) is 77.6 Å². The Bertz CT molecular complexity index is 648. The zero-order valence-corrected chi connectivity index (χ0v) is 9.61. The Morgan fingerprint density at radius 3 is 2.61 bits per heavy atom. The molecule has 0 unspecified atom stereocenters. The van der Waals surface area contributed by atoms with Gasteiger partial charge in [-0.05, 0) is 19.1 Å². The summed E-state index contributed by atoms with van der Waals surface area (Å²) in [6.45, 7) is 1.82. The zero-order chi connectivity index (χ0) is 12.4. The quantitative estimate of drug-likeness (QED) is 0.679. The smallest absolute Gasteiger partial charge is 0.276 e. The first-order valence-corrected chi connectivity index (χ1v) is 5.37. The second kappa shape index (κ2) is 4.33. The van der Waals surface area contributed by atoms with Gasteiger partial charge in [0.1, 0.15) is 11.5 Å². The Labute approximate surface area is 103 Å². The van der Waals surface area contributed by atoms with E-state index in [-0.39, 0.29) is 0 Å². The van der Waals surface area contributed by atoms with E-state index in [9.17, 15) is 0 Å². The maximum absolute atomic E-state index is 5.16. The van der Waals surface area contributed by atoms with Crippen LogP contribution in [0.5, 0.6) is 0 Å². The third-order valence-electron chi connectivity index (χ3n) is 2.35. The van der Waals surface area contributed by atoms with Crippen LogP contribution in [-0.2, 0) is 0 Å². The largest absolute Gasteiger partial charge is 0.332 e. The third-order valence-corrected chi connectivity index (χ3v) is 2.35. The molecule has 6 nitrogen and oxygen atoms in total. The number of aryl methyl sites for hydroxylation is 1. The third kappa shape index (κ3) is 1.95. The molecule has 0 atom stereocenters. The predicted octanol–water partition coefficient (Wildman–Crippen LogP) is 1.90. The molecule has 0 fully saturated rings. The fraction of sp³-hybridized carbons (Fsp3) is 0.0833. The minimum Gasteiger partial charge on any atom is -0.332 e. The molecule has 0 aromatic carbocycles. The molecular formula is C12H9N5O. The monoisotopic (exact) mass is 239 g/mol. The zero-order valence-electron chi connectivity index (χ0n) is 9.61. The van der Waals surface area contributed by atoms with Gasteiger partial charge in [-0.1, -0.05) is 11.2 Å². The van der Waals surface area contributed by atoms with Crippen molar-refractivity contribution in [3.63, 3.8) is 0 Å². The highest BCUT2D eigenvalue weighted by atomic mass is 16.5. The van der Waals surface area contributed by atoms with Gasteiger partial charge in [-0.25, -0.2) is 9.97 Å². The maximum atomic E-state index is 5.16. The van der Waals surface area contributed by atoms with E-state index in [2.05, 4.69) is 25.1 Å². The SMILES string of the molecule is Cc1ncc(-c2noc(-c3ccccn3)n2)cn1. The van der Waals surface area contributed by atoms with Gasteiger partial charge in [-0.15, -0.1) is 0 Å². The second-order valence-corrected chi connectivity index (χ2v) is 3.66. The summed E-state index contributed by atoms with van der Waals surface area (Å²) in [4.78, 5) is 16.6. The summed E-state index contributed by atoms with van der Waals surface area (Å²) in [7, 11) is 0. The molecule has 3 rings (SSSR count). The van der Waals surface area contributed by atoms with E-state index in [4.69, 9.17) is 4.52 Å². The molecule has 3 heterocycles.